The third-order valence-electron chi connectivity index (χ3n) is 2.26. The van der Waals surface area contributed by atoms with Gasteiger partial charge in [0.25, 0.3) is 0 Å². The van der Waals surface area contributed by atoms with Crippen molar-refractivity contribution >= 4 is 0 Å². The first-order valence-corrected chi connectivity index (χ1v) is 5.12. The van der Waals surface area contributed by atoms with E-state index in [1.54, 1.807) is 13.0 Å². The van der Waals surface area contributed by atoms with Gasteiger partial charge in [-0.15, -0.1) is 0 Å². The van der Waals surface area contributed by atoms with E-state index in [1.165, 1.54) is 0 Å². The van der Waals surface area contributed by atoms with E-state index in [1.807, 2.05) is 32.0 Å². The van der Waals surface area contributed by atoms with Gasteiger partial charge in [-0.1, -0.05) is 24.3 Å². The largest absolute Gasteiger partial charge is 0.486 e. The lowest BCUT2D eigenvalue weighted by Crippen LogP contribution is -2.10. The molecule has 0 aliphatic carbocycles. The van der Waals surface area contributed by atoms with Crippen LogP contribution in [0.4, 0.5) is 0 Å². The van der Waals surface area contributed by atoms with Gasteiger partial charge in [0.05, 0.1) is 6.10 Å². The fraction of sp³-hybridized carbons (Fsp3) is 0.385. The van der Waals surface area contributed by atoms with Crippen LogP contribution in [0.2, 0.25) is 0 Å². The van der Waals surface area contributed by atoms with E-state index in [2.05, 4.69) is 6.58 Å². The predicted octanol–water partition coefficient (Wildman–Crippen LogP) is 3.00. The number of rotatable bonds is 4. The first-order valence-electron chi connectivity index (χ1n) is 5.12. The van der Waals surface area contributed by atoms with Gasteiger partial charge in [-0.3, -0.25) is 0 Å². The van der Waals surface area contributed by atoms with Gasteiger partial charge < -0.3 is 9.84 Å². The normalized spacial score (nSPS) is 14.4. The van der Waals surface area contributed by atoms with Crippen molar-refractivity contribution in [1.82, 2.24) is 0 Å². The molecule has 82 valence electrons. The highest BCUT2D eigenvalue weighted by Crippen LogP contribution is 2.27. The molecule has 0 heterocycles. The lowest BCUT2D eigenvalue weighted by atomic mass is 10.1. The smallest absolute Gasteiger partial charge is 0.125 e. The van der Waals surface area contributed by atoms with Gasteiger partial charge in [0.15, 0.2) is 0 Å². The van der Waals surface area contributed by atoms with E-state index >= 15 is 0 Å². The van der Waals surface area contributed by atoms with Crippen LogP contribution in [0.15, 0.2) is 30.9 Å². The molecule has 0 saturated heterocycles. The molecule has 1 N–H and O–H groups in total. The molecule has 0 bridgehead atoms. The summed E-state index contributed by atoms with van der Waals surface area (Å²) in [6, 6.07) is 5.80. The molecule has 2 nitrogen and oxygen atoms in total. The van der Waals surface area contributed by atoms with Crippen molar-refractivity contribution in [3.8, 4) is 5.75 Å². The van der Waals surface area contributed by atoms with E-state index in [4.69, 9.17) is 4.74 Å². The number of hydrogen-bond acceptors (Lipinski definition) is 2. The number of benzene rings is 1. The molecule has 2 heteroatoms. The summed E-state index contributed by atoms with van der Waals surface area (Å²) in [6.07, 6.45) is 1.16. The zero-order chi connectivity index (χ0) is 11.4. The van der Waals surface area contributed by atoms with Crippen LogP contribution in [0.25, 0.3) is 0 Å². The molecule has 0 spiro atoms. The van der Waals surface area contributed by atoms with Crippen LogP contribution in [-0.2, 0) is 0 Å². The number of aliphatic hydroxyl groups is 1. The summed E-state index contributed by atoms with van der Waals surface area (Å²) in [5, 5.41) is 9.61. The Bertz CT molecular complexity index is 342. The highest BCUT2D eigenvalue weighted by molar-refractivity contribution is 5.38. The van der Waals surface area contributed by atoms with Crippen LogP contribution >= 0.6 is 0 Å². The lowest BCUT2D eigenvalue weighted by molar-refractivity contribution is 0.187. The quantitative estimate of drug-likeness (QED) is 0.767. The summed E-state index contributed by atoms with van der Waals surface area (Å²) in [5.41, 5.74) is 1.94. The summed E-state index contributed by atoms with van der Waals surface area (Å²) in [4.78, 5) is 0. The van der Waals surface area contributed by atoms with E-state index < -0.39 is 6.10 Å². The summed E-state index contributed by atoms with van der Waals surface area (Å²) in [6.45, 7) is 9.31. The van der Waals surface area contributed by atoms with E-state index in [0.29, 0.717) is 0 Å². The molecule has 2 atom stereocenters. The van der Waals surface area contributed by atoms with Crippen LogP contribution in [-0.4, -0.2) is 11.2 Å². The fourth-order valence-electron chi connectivity index (χ4n) is 1.35. The molecular weight excluding hydrogens is 188 g/mol. The van der Waals surface area contributed by atoms with Crippen molar-refractivity contribution in [3.05, 3.63) is 42.0 Å². The first kappa shape index (κ1) is 11.8. The molecule has 0 aromatic heterocycles. The van der Waals surface area contributed by atoms with Crippen LogP contribution in [0.5, 0.6) is 5.75 Å². The summed E-state index contributed by atoms with van der Waals surface area (Å²) in [7, 11) is 0. The Morgan fingerprint density at radius 3 is 2.60 bits per heavy atom. The molecule has 0 amide bonds. The molecule has 0 aliphatic rings. The van der Waals surface area contributed by atoms with Crippen LogP contribution in [0, 0.1) is 6.92 Å². The van der Waals surface area contributed by atoms with Gasteiger partial charge in [0, 0.05) is 5.56 Å². The second-order valence-corrected chi connectivity index (χ2v) is 3.78. The highest BCUT2D eigenvalue weighted by atomic mass is 16.5. The molecule has 1 aromatic rings. The SMILES string of the molecule is C=CC(C)Oc1ccc(C)cc1C(C)O. The van der Waals surface area contributed by atoms with Crippen molar-refractivity contribution in [3.63, 3.8) is 0 Å². The predicted molar refractivity (Wildman–Crippen MR) is 62.1 cm³/mol. The number of ether oxygens (including phenoxy) is 1. The molecular formula is C13H18O2. The number of aliphatic hydroxyl groups excluding tert-OH is 1. The average molecular weight is 206 g/mol. The van der Waals surface area contributed by atoms with Crippen molar-refractivity contribution in [2.24, 2.45) is 0 Å². The summed E-state index contributed by atoms with van der Waals surface area (Å²) < 4.78 is 5.63. The number of hydrogen-bond donors (Lipinski definition) is 1. The average Bonchev–Trinajstić information content (AvgIpc) is 2.20. The van der Waals surface area contributed by atoms with Crippen LogP contribution in [0.1, 0.15) is 31.1 Å². The lowest BCUT2D eigenvalue weighted by Gasteiger charge is -2.16. The third-order valence-corrected chi connectivity index (χ3v) is 2.26. The molecule has 0 fully saturated rings. The molecule has 1 aromatic carbocycles. The topological polar surface area (TPSA) is 29.5 Å². The van der Waals surface area contributed by atoms with Gasteiger partial charge in [-0.2, -0.15) is 0 Å². The molecule has 0 saturated carbocycles. The maximum atomic E-state index is 9.61. The first-order chi connectivity index (χ1) is 7.04. The van der Waals surface area contributed by atoms with Crippen molar-refractivity contribution in [2.75, 3.05) is 0 Å². The van der Waals surface area contributed by atoms with Crippen molar-refractivity contribution in [1.29, 1.82) is 0 Å². The molecule has 2 unspecified atom stereocenters. The molecule has 0 aliphatic heterocycles. The van der Waals surface area contributed by atoms with E-state index in [-0.39, 0.29) is 6.10 Å². The highest BCUT2D eigenvalue weighted by Gasteiger charge is 2.10. The minimum Gasteiger partial charge on any atom is -0.486 e. The van der Waals surface area contributed by atoms with Crippen molar-refractivity contribution < 1.29 is 9.84 Å². The Morgan fingerprint density at radius 1 is 1.40 bits per heavy atom. The fourth-order valence-corrected chi connectivity index (χ4v) is 1.35. The zero-order valence-electron chi connectivity index (χ0n) is 9.53. The van der Waals surface area contributed by atoms with Crippen molar-refractivity contribution in [2.45, 2.75) is 33.0 Å². The van der Waals surface area contributed by atoms with E-state index in [0.717, 1.165) is 16.9 Å². The van der Waals surface area contributed by atoms with Gasteiger partial charge in [0.1, 0.15) is 11.9 Å². The summed E-state index contributed by atoms with van der Waals surface area (Å²) in [5.74, 6) is 0.725. The second-order valence-electron chi connectivity index (χ2n) is 3.78. The molecule has 15 heavy (non-hydrogen) atoms. The second kappa shape index (κ2) is 4.99. The van der Waals surface area contributed by atoms with Gasteiger partial charge in [-0.25, -0.2) is 0 Å². The van der Waals surface area contributed by atoms with Crippen LogP contribution in [0.3, 0.4) is 0 Å². The zero-order valence-corrected chi connectivity index (χ0v) is 9.53. The standard InChI is InChI=1S/C13H18O2/c1-5-10(3)15-13-7-6-9(2)8-12(13)11(4)14/h5-8,10-11,14H,1H2,2-4H3. The van der Waals surface area contributed by atoms with Gasteiger partial charge >= 0.3 is 0 Å². The minimum atomic E-state index is -0.517. The Labute approximate surface area is 91.2 Å². The monoisotopic (exact) mass is 206 g/mol. The Hall–Kier alpha value is -1.28. The minimum absolute atomic E-state index is 0.0507. The van der Waals surface area contributed by atoms with Gasteiger partial charge in [-0.05, 0) is 32.9 Å². The third kappa shape index (κ3) is 3.10. The van der Waals surface area contributed by atoms with E-state index in [9.17, 15) is 5.11 Å². The molecule has 0 radical (unpaired) electrons. The maximum Gasteiger partial charge on any atom is 0.125 e. The maximum absolute atomic E-state index is 9.61. The van der Waals surface area contributed by atoms with Gasteiger partial charge in [0.2, 0.25) is 0 Å². The Morgan fingerprint density at radius 2 is 2.07 bits per heavy atom. The Kier molecular flexibility index (Phi) is 3.92. The van der Waals surface area contributed by atoms with Crippen LogP contribution < -0.4 is 4.74 Å². The number of aryl methyl sites for hydroxylation is 1. The Balaban J connectivity index is 3.00. The molecule has 1 rings (SSSR count). The summed E-state index contributed by atoms with van der Waals surface area (Å²) >= 11 is 0.